The molecule has 2 N–H and O–H groups in total. The molecule has 0 spiro atoms. The number of amides is 1. The fraction of sp³-hybridized carbons (Fsp3) is 0.259. The Morgan fingerprint density at radius 2 is 1.76 bits per heavy atom. The van der Waals surface area contributed by atoms with Gasteiger partial charge in [0.15, 0.2) is 5.11 Å². The topological polar surface area (TPSA) is 87.7 Å². The fourth-order valence-corrected chi connectivity index (χ4v) is 4.95. The Kier molecular flexibility index (Phi) is 9.71. The van der Waals surface area contributed by atoms with Crippen molar-refractivity contribution in [2.75, 3.05) is 16.7 Å². The van der Waals surface area contributed by atoms with Crippen molar-refractivity contribution in [1.29, 1.82) is 0 Å². The molecular formula is C27H30BN3O4S2. The lowest BCUT2D eigenvalue weighted by atomic mass is 9.92. The maximum absolute atomic E-state index is 12.9. The number of benzene rings is 3. The maximum atomic E-state index is 12.9. The number of anilines is 2. The van der Waals surface area contributed by atoms with Crippen LogP contribution in [0.15, 0.2) is 77.7 Å². The molecule has 0 aliphatic carbocycles. The minimum Gasteiger partial charge on any atom is -0.491 e. The molecule has 192 valence electrons. The van der Waals surface area contributed by atoms with Gasteiger partial charge in [0.25, 0.3) is 15.9 Å². The van der Waals surface area contributed by atoms with Crippen LogP contribution in [0, 0.1) is 0 Å². The average Bonchev–Trinajstić information content (AvgIpc) is 2.88. The number of ether oxygens (including phenoxy) is 1. The third-order valence-corrected chi connectivity index (χ3v) is 7.69. The van der Waals surface area contributed by atoms with Crippen LogP contribution in [0.2, 0.25) is 0 Å². The number of para-hydroxylation sites is 1. The van der Waals surface area contributed by atoms with E-state index in [4.69, 9.17) is 24.8 Å². The molecule has 1 atom stereocenters. The van der Waals surface area contributed by atoms with Crippen LogP contribution in [-0.4, -0.2) is 40.4 Å². The second kappa shape index (κ2) is 12.7. The van der Waals surface area contributed by atoms with Gasteiger partial charge in [-0.25, -0.2) is 8.42 Å². The predicted octanol–water partition coefficient (Wildman–Crippen LogP) is 4.39. The van der Waals surface area contributed by atoms with Crippen LogP contribution < -0.4 is 25.1 Å². The van der Waals surface area contributed by atoms with Gasteiger partial charge in [-0.1, -0.05) is 49.5 Å². The van der Waals surface area contributed by atoms with E-state index in [1.165, 1.54) is 23.5 Å². The van der Waals surface area contributed by atoms with Gasteiger partial charge in [-0.15, -0.1) is 0 Å². The highest BCUT2D eigenvalue weighted by Crippen LogP contribution is 2.23. The first-order chi connectivity index (χ1) is 17.6. The number of carbonyl (C=O) groups is 1. The SMILES string of the molecule is [B]c1cc(C(=O)NC(=S)Nc2ccc(S(=O)(=O)N(C)c3ccccc3)cc2)ccc1OC(C)CCCC. The number of unbranched alkanes of at least 4 members (excludes halogenated alkanes) is 1. The second-order valence-electron chi connectivity index (χ2n) is 8.56. The smallest absolute Gasteiger partial charge is 0.264 e. The lowest BCUT2D eigenvalue weighted by Gasteiger charge is -2.19. The molecule has 0 saturated carbocycles. The third-order valence-electron chi connectivity index (χ3n) is 5.68. The van der Waals surface area contributed by atoms with Crippen molar-refractivity contribution in [2.45, 2.75) is 44.1 Å². The average molecular weight is 536 g/mol. The zero-order valence-corrected chi connectivity index (χ0v) is 22.7. The van der Waals surface area contributed by atoms with E-state index < -0.39 is 15.9 Å². The maximum Gasteiger partial charge on any atom is 0.264 e. The Balaban J connectivity index is 1.59. The molecule has 7 nitrogen and oxygen atoms in total. The summed E-state index contributed by atoms with van der Waals surface area (Å²) in [6.45, 7) is 4.11. The lowest BCUT2D eigenvalue weighted by molar-refractivity contribution is 0.0977. The molecule has 3 rings (SSSR count). The lowest BCUT2D eigenvalue weighted by Crippen LogP contribution is -2.34. The van der Waals surface area contributed by atoms with Gasteiger partial charge in [0.05, 0.1) is 16.7 Å². The van der Waals surface area contributed by atoms with Gasteiger partial charge >= 0.3 is 0 Å². The van der Waals surface area contributed by atoms with Gasteiger partial charge in [-0.05, 0) is 74.1 Å². The number of nitrogens with zero attached hydrogens (tertiary/aromatic N) is 1. The minimum atomic E-state index is -3.73. The molecule has 1 amide bonds. The van der Waals surface area contributed by atoms with Crippen molar-refractivity contribution in [3.63, 3.8) is 0 Å². The van der Waals surface area contributed by atoms with E-state index in [9.17, 15) is 13.2 Å². The van der Waals surface area contributed by atoms with Gasteiger partial charge in [0.2, 0.25) is 0 Å². The number of nitrogens with one attached hydrogen (secondary N) is 2. The third kappa shape index (κ3) is 7.56. The van der Waals surface area contributed by atoms with Gasteiger partial charge in [-0.3, -0.25) is 14.4 Å². The molecule has 0 fully saturated rings. The Labute approximate surface area is 225 Å². The fourth-order valence-electron chi connectivity index (χ4n) is 3.55. The molecule has 2 radical (unpaired) electrons. The zero-order chi connectivity index (χ0) is 27.0. The summed E-state index contributed by atoms with van der Waals surface area (Å²) in [5, 5.41) is 5.56. The highest BCUT2D eigenvalue weighted by molar-refractivity contribution is 7.92. The normalized spacial score (nSPS) is 11.9. The number of rotatable bonds is 10. The molecular weight excluding hydrogens is 505 g/mol. The van der Waals surface area contributed by atoms with Gasteiger partial charge in [-0.2, -0.15) is 0 Å². The Bertz CT molecular complexity index is 1330. The van der Waals surface area contributed by atoms with Crippen LogP contribution in [0.1, 0.15) is 43.5 Å². The van der Waals surface area contributed by atoms with E-state index >= 15 is 0 Å². The number of thiocarbonyl (C=S) groups is 1. The van der Waals surface area contributed by atoms with Crippen LogP contribution >= 0.6 is 12.2 Å². The second-order valence-corrected chi connectivity index (χ2v) is 10.9. The van der Waals surface area contributed by atoms with Gasteiger partial charge < -0.3 is 10.1 Å². The Morgan fingerprint density at radius 3 is 2.38 bits per heavy atom. The van der Waals surface area contributed by atoms with Crippen LogP contribution in [0.4, 0.5) is 11.4 Å². The highest BCUT2D eigenvalue weighted by Gasteiger charge is 2.21. The van der Waals surface area contributed by atoms with Crippen LogP contribution in [0.3, 0.4) is 0 Å². The van der Waals surface area contributed by atoms with Crippen molar-refractivity contribution in [3.8, 4) is 5.75 Å². The summed E-state index contributed by atoms with van der Waals surface area (Å²) in [5.74, 6) is 0.104. The summed E-state index contributed by atoms with van der Waals surface area (Å²) in [7, 11) is 3.86. The molecule has 0 aliphatic heterocycles. The highest BCUT2D eigenvalue weighted by atomic mass is 32.2. The molecule has 3 aromatic rings. The summed E-state index contributed by atoms with van der Waals surface area (Å²) in [4.78, 5) is 12.8. The molecule has 37 heavy (non-hydrogen) atoms. The summed E-state index contributed by atoms with van der Waals surface area (Å²) in [6.07, 6.45) is 3.11. The standard InChI is InChI=1S/C27H30BN3O4S2/c1-4-5-9-19(2)35-25-17-12-20(18-24(25)28)26(32)30-27(36)29-21-13-15-23(16-14-21)37(33,34)31(3)22-10-7-6-8-11-22/h6-8,10-19H,4-5,9H2,1-3H3,(H2,29,30,32,36). The number of sulfonamides is 1. The molecule has 0 heterocycles. The van der Waals surface area contributed by atoms with E-state index in [0.29, 0.717) is 28.2 Å². The summed E-state index contributed by atoms with van der Waals surface area (Å²) >= 11 is 5.25. The van der Waals surface area contributed by atoms with Crippen LogP contribution in [-0.2, 0) is 10.0 Å². The van der Waals surface area contributed by atoms with Crippen molar-refractivity contribution < 1.29 is 17.9 Å². The largest absolute Gasteiger partial charge is 0.491 e. The number of hydrogen-bond acceptors (Lipinski definition) is 5. The van der Waals surface area contributed by atoms with E-state index in [1.54, 1.807) is 54.6 Å². The minimum absolute atomic E-state index is 0.0267. The predicted molar refractivity (Wildman–Crippen MR) is 154 cm³/mol. The Morgan fingerprint density at radius 1 is 1.08 bits per heavy atom. The van der Waals surface area contributed by atoms with E-state index in [0.717, 1.165) is 19.3 Å². The van der Waals surface area contributed by atoms with Gasteiger partial charge in [0.1, 0.15) is 13.6 Å². The molecule has 3 aromatic carbocycles. The summed E-state index contributed by atoms with van der Waals surface area (Å²) < 4.78 is 32.9. The zero-order valence-electron chi connectivity index (χ0n) is 21.1. The van der Waals surface area contributed by atoms with E-state index in [-0.39, 0.29) is 16.1 Å². The quantitative estimate of drug-likeness (QED) is 0.296. The molecule has 10 heteroatoms. The van der Waals surface area contributed by atoms with Crippen molar-refractivity contribution >= 4 is 57.9 Å². The van der Waals surface area contributed by atoms with Gasteiger partial charge in [0, 0.05) is 18.3 Å². The summed E-state index contributed by atoms with van der Waals surface area (Å²) in [5.41, 5.74) is 1.78. The Hall–Kier alpha value is -3.37. The van der Waals surface area contributed by atoms with E-state index in [2.05, 4.69) is 17.6 Å². The number of hydrogen-bond donors (Lipinski definition) is 2. The first kappa shape index (κ1) is 28.2. The monoisotopic (exact) mass is 535 g/mol. The number of carbonyl (C=O) groups excluding carboxylic acids is 1. The first-order valence-electron chi connectivity index (χ1n) is 11.9. The summed E-state index contributed by atoms with van der Waals surface area (Å²) in [6, 6.07) is 19.8. The van der Waals surface area contributed by atoms with Crippen LogP contribution in [0.5, 0.6) is 5.75 Å². The molecule has 0 saturated heterocycles. The molecule has 0 aliphatic rings. The molecule has 1 unspecified atom stereocenters. The van der Waals surface area contributed by atoms with E-state index in [1.807, 2.05) is 13.0 Å². The van der Waals surface area contributed by atoms with Crippen molar-refractivity contribution in [3.05, 3.63) is 78.4 Å². The molecule has 0 bridgehead atoms. The van der Waals surface area contributed by atoms with Crippen LogP contribution in [0.25, 0.3) is 0 Å². The molecule has 0 aromatic heterocycles. The first-order valence-corrected chi connectivity index (χ1v) is 13.8. The van der Waals surface area contributed by atoms with Crippen molar-refractivity contribution in [2.24, 2.45) is 0 Å². The van der Waals surface area contributed by atoms with Crippen molar-refractivity contribution in [1.82, 2.24) is 5.32 Å².